The SMILES string of the molecule is CC1(C)c2ccccc2-c2nc(-c3ccccc3)nc(-n3c4ccccc4c4cc5ccccc5cc43)c21.c1ccc2cc(-c3nc(-n4c5ccccc5c5cc6ccccc6cc54)c4oc5ccccc5c4n3)ccc2c1.c1cncc(-c2nc(-n3c4ccccc4c4cc5ccccc5cc43)c3oc4ccccc4c3n2)c1.c1cncc(-c2nc(-n3c4ccccc4c4cc5ccccc5cc43)c3sc4ccccc4c3n2)c1. The van der Waals surface area contributed by atoms with E-state index in [0.29, 0.717) is 28.6 Å². The summed E-state index contributed by atoms with van der Waals surface area (Å²) in [5.74, 6) is 6.04. The van der Waals surface area contributed by atoms with Crippen LogP contribution in [-0.4, -0.2) is 68.1 Å². The van der Waals surface area contributed by atoms with Crippen molar-refractivity contribution in [3.63, 3.8) is 0 Å². The minimum atomic E-state index is -0.245. The summed E-state index contributed by atoms with van der Waals surface area (Å²) < 4.78 is 24.4. The van der Waals surface area contributed by atoms with Crippen molar-refractivity contribution in [2.75, 3.05) is 0 Å². The zero-order valence-electron chi connectivity index (χ0n) is 80.9. The lowest BCUT2D eigenvalue weighted by Crippen LogP contribution is -2.19. The highest BCUT2D eigenvalue weighted by Gasteiger charge is 2.41. The molecule has 0 amide bonds. The van der Waals surface area contributed by atoms with E-state index in [4.69, 9.17) is 48.7 Å². The van der Waals surface area contributed by atoms with Gasteiger partial charge in [0.15, 0.2) is 51.9 Å². The molecule has 13 aromatic heterocycles. The number of para-hydroxylation sites is 6. The molecule has 0 saturated heterocycles. The van der Waals surface area contributed by atoms with E-state index in [1.54, 1.807) is 29.9 Å². The Kier molecular flexibility index (Phi) is 19.5. The monoisotopic (exact) mass is 1940 g/mol. The first-order valence-corrected chi connectivity index (χ1v) is 51.1. The standard InChI is InChI=1S/C36H21N3O.C35H25N3.C31H18N4O.C31H18N4S/c1-2-10-23-19-26(18-17-22(23)9-1)35-37-33-28-14-6-8-16-32(28)40-34(33)36(38-35)39-30-15-7-5-13-27(30)29-20-24-11-3-4-12-25(24)21-31(29)39;1-35(2)28-18-10-8-17-26(28)32-31(35)34(37-33(36-32)22-12-4-3-5-13-22)38-29-19-11-9-16-25(29)27-20-23-14-6-7-15-24(23)21-30(27)38;2*1-2-9-20-17-26-24(16-19(20)8-1)22-11-3-5-13-25(22)35(26)31-29-28(23-12-4-6-14-27(23)36-29)33-30(34-31)21-10-7-15-32-18-21/h1-21H;3-21H,1-2H3;2*1-18H. The third-order valence-corrected chi connectivity index (χ3v) is 31.0. The maximum absolute atomic E-state index is 6.51. The summed E-state index contributed by atoms with van der Waals surface area (Å²) >= 11 is 1.75. The van der Waals surface area contributed by atoms with E-state index in [2.05, 4.69) is 406 Å². The molecule has 1 aliphatic carbocycles. The molecule has 0 saturated carbocycles. The van der Waals surface area contributed by atoms with Crippen LogP contribution in [0, 0.1) is 0 Å². The minimum Gasteiger partial charge on any atom is -0.450 e. The minimum absolute atomic E-state index is 0.245. The van der Waals surface area contributed by atoms with Gasteiger partial charge < -0.3 is 8.83 Å². The van der Waals surface area contributed by atoms with E-state index in [-0.39, 0.29) is 5.41 Å². The first kappa shape index (κ1) is 85.7. The topological polar surface area (TPSA) is 175 Å². The fraction of sp³-hybridized carbons (Fsp3) is 0.0226. The Labute approximate surface area is 859 Å². The summed E-state index contributed by atoms with van der Waals surface area (Å²) in [5.41, 5.74) is 22.6. The summed E-state index contributed by atoms with van der Waals surface area (Å²) in [4.78, 5) is 49.9. The number of rotatable bonds is 8. The fourth-order valence-electron chi connectivity index (χ4n) is 22.9. The van der Waals surface area contributed by atoms with Gasteiger partial charge in [-0.2, -0.15) is 0 Å². The number of hydrogen-bond donors (Lipinski definition) is 0. The van der Waals surface area contributed by atoms with Gasteiger partial charge in [0.25, 0.3) is 0 Å². The van der Waals surface area contributed by atoms with Crippen LogP contribution < -0.4 is 0 Å². The zero-order valence-corrected chi connectivity index (χ0v) is 81.7. The maximum atomic E-state index is 6.51. The predicted molar refractivity (Wildman–Crippen MR) is 615 cm³/mol. The molecular weight excluding hydrogens is 1860 g/mol. The number of thiophene rings is 1. The second kappa shape index (κ2) is 34.2. The lowest BCUT2D eigenvalue weighted by Gasteiger charge is -2.24. The molecular formula is C133H82N14O2S. The Morgan fingerprint density at radius 2 is 0.573 bits per heavy atom. The van der Waals surface area contributed by atoms with Crippen LogP contribution in [0.2, 0.25) is 0 Å². The highest BCUT2D eigenvalue weighted by Crippen LogP contribution is 2.53. The van der Waals surface area contributed by atoms with Gasteiger partial charge in [-0.05, 0) is 193 Å². The van der Waals surface area contributed by atoms with Crippen LogP contribution in [-0.2, 0) is 5.41 Å². The van der Waals surface area contributed by atoms with Gasteiger partial charge >= 0.3 is 0 Å². The molecule has 0 atom stereocenters. The molecule has 16 nitrogen and oxygen atoms in total. The molecule has 150 heavy (non-hydrogen) atoms. The van der Waals surface area contributed by atoms with Gasteiger partial charge in [-0.3, -0.25) is 28.2 Å². The molecule has 1 aliphatic rings. The summed E-state index contributed by atoms with van der Waals surface area (Å²) in [7, 11) is 0. The molecule has 33 rings (SSSR count). The molecule has 0 spiro atoms. The van der Waals surface area contributed by atoms with E-state index in [1.807, 2.05) is 79.0 Å². The first-order valence-electron chi connectivity index (χ1n) is 50.3. The first-order chi connectivity index (χ1) is 74.1. The Hall–Kier alpha value is -19.9. The summed E-state index contributed by atoms with van der Waals surface area (Å²) in [6.07, 6.45) is 7.17. The van der Waals surface area contributed by atoms with Crippen LogP contribution in [0.5, 0.6) is 0 Å². The van der Waals surface area contributed by atoms with Gasteiger partial charge in [0.1, 0.15) is 28.0 Å². The molecule has 702 valence electrons. The van der Waals surface area contributed by atoms with Crippen molar-refractivity contribution in [1.29, 1.82) is 0 Å². The smallest absolute Gasteiger partial charge is 0.197 e. The number of fused-ring (bicyclic) bond motifs is 29. The molecule has 32 aromatic rings. The van der Waals surface area contributed by atoms with E-state index in [1.165, 1.54) is 113 Å². The number of nitrogens with zero attached hydrogens (tertiary/aromatic N) is 14. The van der Waals surface area contributed by atoms with Crippen molar-refractivity contribution in [2.24, 2.45) is 0 Å². The average Bonchev–Trinajstić information content (AvgIpc) is 1.55. The Bertz CT molecular complexity index is 10900. The molecule has 17 heteroatoms. The third-order valence-electron chi connectivity index (χ3n) is 29.9. The van der Waals surface area contributed by atoms with Crippen molar-refractivity contribution in [3.8, 4) is 80.1 Å². The number of hydrogen-bond acceptors (Lipinski definition) is 13. The maximum Gasteiger partial charge on any atom is 0.197 e. The number of benzene rings is 19. The lowest BCUT2D eigenvalue weighted by atomic mass is 9.82. The van der Waals surface area contributed by atoms with Gasteiger partial charge in [0, 0.05) is 128 Å². The van der Waals surface area contributed by atoms with Gasteiger partial charge in [-0.1, -0.05) is 317 Å². The second-order valence-corrected chi connectivity index (χ2v) is 39.9. The molecule has 0 unspecified atom stereocenters. The average molecular weight is 1940 g/mol. The van der Waals surface area contributed by atoms with Gasteiger partial charge in [0.2, 0.25) is 0 Å². The number of pyridine rings is 2. The van der Waals surface area contributed by atoms with Gasteiger partial charge in [0.05, 0.1) is 60.0 Å². The molecule has 19 aromatic carbocycles. The van der Waals surface area contributed by atoms with Gasteiger partial charge in [-0.15, -0.1) is 11.3 Å². The fourth-order valence-corrected chi connectivity index (χ4v) is 24.0. The highest BCUT2D eigenvalue weighted by atomic mass is 32.1. The van der Waals surface area contributed by atoms with E-state index in [9.17, 15) is 0 Å². The summed E-state index contributed by atoms with van der Waals surface area (Å²) in [6.45, 7) is 4.60. The van der Waals surface area contributed by atoms with Crippen LogP contribution in [0.25, 0.3) is 286 Å². The Morgan fingerprint density at radius 1 is 0.233 bits per heavy atom. The largest absolute Gasteiger partial charge is 0.450 e. The third kappa shape index (κ3) is 13.7. The van der Waals surface area contributed by atoms with Crippen LogP contribution in [0.4, 0.5) is 0 Å². The van der Waals surface area contributed by atoms with Crippen LogP contribution in [0.1, 0.15) is 25.0 Å². The highest BCUT2D eigenvalue weighted by molar-refractivity contribution is 7.26. The van der Waals surface area contributed by atoms with Gasteiger partial charge in [-0.25, -0.2) is 39.9 Å². The molecule has 0 bridgehead atoms. The second-order valence-electron chi connectivity index (χ2n) is 38.9. The van der Waals surface area contributed by atoms with E-state index in [0.717, 1.165) is 155 Å². The Morgan fingerprint density at radius 3 is 1.03 bits per heavy atom. The number of aromatic nitrogens is 14. The predicted octanol–water partition coefficient (Wildman–Crippen LogP) is 34.0. The van der Waals surface area contributed by atoms with E-state index < -0.39 is 0 Å². The van der Waals surface area contributed by atoms with Crippen molar-refractivity contribution in [2.45, 2.75) is 19.3 Å². The molecule has 0 radical (unpaired) electrons. The van der Waals surface area contributed by atoms with Crippen LogP contribution in [0.3, 0.4) is 0 Å². The van der Waals surface area contributed by atoms with Crippen LogP contribution in [0.15, 0.2) is 470 Å². The van der Waals surface area contributed by atoms with E-state index >= 15 is 0 Å². The quantitative estimate of drug-likeness (QED) is 0.141. The molecule has 13 heterocycles. The number of furan rings is 2. The van der Waals surface area contributed by atoms with Crippen molar-refractivity contribution < 1.29 is 8.83 Å². The van der Waals surface area contributed by atoms with Crippen molar-refractivity contribution in [3.05, 3.63) is 473 Å². The molecule has 0 aliphatic heterocycles. The van der Waals surface area contributed by atoms with Crippen LogP contribution >= 0.6 is 11.3 Å². The Balaban J connectivity index is 0.0000000920. The normalized spacial score (nSPS) is 12.4. The summed E-state index contributed by atoms with van der Waals surface area (Å²) in [5, 5.41) is 24.8. The zero-order chi connectivity index (χ0) is 98.9. The van der Waals surface area contributed by atoms with Crippen molar-refractivity contribution in [1.82, 2.24) is 68.1 Å². The molecule has 0 N–H and O–H groups in total. The van der Waals surface area contributed by atoms with Crippen molar-refractivity contribution >= 4 is 217 Å². The summed E-state index contributed by atoms with van der Waals surface area (Å²) in [6, 6.07) is 153. The molecule has 0 fully saturated rings. The lowest BCUT2D eigenvalue weighted by molar-refractivity contribution is 0.650.